The van der Waals surface area contributed by atoms with Crippen LogP contribution in [0.2, 0.25) is 0 Å². The van der Waals surface area contributed by atoms with Crippen molar-refractivity contribution in [3.63, 3.8) is 0 Å². The number of hydrogen-bond donors (Lipinski definition) is 2. The van der Waals surface area contributed by atoms with E-state index in [9.17, 15) is 9.90 Å². The van der Waals surface area contributed by atoms with E-state index in [1.54, 1.807) is 0 Å². The van der Waals surface area contributed by atoms with Crippen LogP contribution in [0, 0.1) is 0 Å². The molecule has 1 amide bonds. The molecule has 1 fully saturated rings. The fraction of sp³-hybridized carbons (Fsp3) is 0.500. The van der Waals surface area contributed by atoms with E-state index >= 15 is 0 Å². The molecule has 0 saturated heterocycles. The summed E-state index contributed by atoms with van der Waals surface area (Å²) in [4.78, 5) is 11.3. The van der Waals surface area contributed by atoms with Gasteiger partial charge < -0.3 is 14.9 Å². The quantitative estimate of drug-likeness (QED) is 0.671. The van der Waals surface area contributed by atoms with Crippen molar-refractivity contribution < 1.29 is 14.4 Å². The van der Waals surface area contributed by atoms with E-state index in [2.05, 4.69) is 15.0 Å². The topological polar surface area (TPSA) is 75.4 Å². The third-order valence-electron chi connectivity index (χ3n) is 2.22. The van der Waals surface area contributed by atoms with Crippen LogP contribution >= 0.6 is 0 Å². The van der Waals surface area contributed by atoms with Crippen LogP contribution in [0.3, 0.4) is 0 Å². The van der Waals surface area contributed by atoms with Gasteiger partial charge in [-0.25, -0.2) is 0 Å². The molecule has 0 bridgehead atoms. The number of amides is 1. The number of nitrogens with one attached hydrogen (secondary N) is 1. The summed E-state index contributed by atoms with van der Waals surface area (Å²) in [6.07, 6.45) is 2.57. The molecule has 5 nitrogen and oxygen atoms in total. The van der Waals surface area contributed by atoms with Crippen molar-refractivity contribution >= 4 is 5.91 Å². The molecule has 0 radical (unpaired) electrons. The molecule has 13 heavy (non-hydrogen) atoms. The van der Waals surface area contributed by atoms with Gasteiger partial charge in [0.25, 0.3) is 5.91 Å². The van der Waals surface area contributed by atoms with E-state index < -0.39 is 6.10 Å². The Morgan fingerprint density at radius 1 is 1.69 bits per heavy atom. The highest BCUT2D eigenvalue weighted by molar-refractivity contribution is 5.91. The fourth-order valence-electron chi connectivity index (χ4n) is 1.22. The lowest BCUT2D eigenvalue weighted by Crippen LogP contribution is -2.50. The Labute approximate surface area is 74.7 Å². The van der Waals surface area contributed by atoms with Crippen LogP contribution in [-0.2, 0) is 0 Å². The summed E-state index contributed by atoms with van der Waals surface area (Å²) < 4.78 is 4.66. The Balaban J connectivity index is 1.92. The Hall–Kier alpha value is -1.36. The SMILES string of the molecule is O=C(N[C@@H]1CC[C@H]1O)c1ccno1. The van der Waals surface area contributed by atoms with Crippen LogP contribution in [0.5, 0.6) is 0 Å². The monoisotopic (exact) mass is 182 g/mol. The zero-order chi connectivity index (χ0) is 9.26. The van der Waals surface area contributed by atoms with Crippen LogP contribution in [0.25, 0.3) is 0 Å². The van der Waals surface area contributed by atoms with E-state index in [4.69, 9.17) is 0 Å². The van der Waals surface area contributed by atoms with Gasteiger partial charge in [0.2, 0.25) is 5.76 Å². The Morgan fingerprint density at radius 3 is 3.00 bits per heavy atom. The van der Waals surface area contributed by atoms with Crippen LogP contribution in [0.1, 0.15) is 23.4 Å². The van der Waals surface area contributed by atoms with Crippen molar-refractivity contribution in [2.45, 2.75) is 25.0 Å². The Morgan fingerprint density at radius 2 is 2.54 bits per heavy atom. The number of aliphatic hydroxyl groups excluding tert-OH is 1. The van der Waals surface area contributed by atoms with Gasteiger partial charge in [-0.1, -0.05) is 5.16 Å². The van der Waals surface area contributed by atoms with Gasteiger partial charge in [0.15, 0.2) is 0 Å². The molecule has 0 aromatic carbocycles. The van der Waals surface area contributed by atoms with E-state index in [1.165, 1.54) is 12.3 Å². The van der Waals surface area contributed by atoms with E-state index in [0.29, 0.717) is 0 Å². The van der Waals surface area contributed by atoms with Gasteiger partial charge in [0.05, 0.1) is 18.3 Å². The van der Waals surface area contributed by atoms with Gasteiger partial charge in [-0.15, -0.1) is 0 Å². The summed E-state index contributed by atoms with van der Waals surface area (Å²) in [5.74, 6) is -0.139. The second kappa shape index (κ2) is 3.18. The third-order valence-corrected chi connectivity index (χ3v) is 2.22. The molecule has 0 aliphatic heterocycles. The van der Waals surface area contributed by atoms with Crippen molar-refractivity contribution in [3.8, 4) is 0 Å². The van der Waals surface area contributed by atoms with E-state index in [0.717, 1.165) is 12.8 Å². The second-order valence-corrected chi connectivity index (χ2v) is 3.10. The minimum atomic E-state index is -0.410. The number of carbonyl (C=O) groups excluding carboxylic acids is 1. The van der Waals surface area contributed by atoms with Crippen molar-refractivity contribution in [1.29, 1.82) is 0 Å². The number of carbonyl (C=O) groups is 1. The minimum Gasteiger partial charge on any atom is -0.391 e. The molecule has 2 atom stereocenters. The van der Waals surface area contributed by atoms with Gasteiger partial charge >= 0.3 is 0 Å². The summed E-state index contributed by atoms with van der Waals surface area (Å²) in [6.45, 7) is 0. The van der Waals surface area contributed by atoms with Crippen molar-refractivity contribution in [1.82, 2.24) is 10.5 Å². The zero-order valence-corrected chi connectivity index (χ0v) is 6.93. The minimum absolute atomic E-state index is 0.127. The maximum atomic E-state index is 11.3. The molecule has 0 spiro atoms. The van der Waals surface area contributed by atoms with Gasteiger partial charge in [-0.2, -0.15) is 0 Å². The first-order chi connectivity index (χ1) is 6.27. The highest BCUT2D eigenvalue weighted by Crippen LogP contribution is 2.19. The molecular weight excluding hydrogens is 172 g/mol. The van der Waals surface area contributed by atoms with E-state index in [-0.39, 0.29) is 17.7 Å². The van der Waals surface area contributed by atoms with Gasteiger partial charge in [-0.3, -0.25) is 4.79 Å². The maximum absolute atomic E-state index is 11.3. The highest BCUT2D eigenvalue weighted by Gasteiger charge is 2.30. The molecule has 70 valence electrons. The predicted molar refractivity (Wildman–Crippen MR) is 43.0 cm³/mol. The van der Waals surface area contributed by atoms with Crippen LogP contribution in [0.4, 0.5) is 0 Å². The lowest BCUT2D eigenvalue weighted by Gasteiger charge is -2.32. The zero-order valence-electron chi connectivity index (χ0n) is 6.93. The lowest BCUT2D eigenvalue weighted by molar-refractivity contribution is 0.0434. The Bertz CT molecular complexity index is 296. The first-order valence-electron chi connectivity index (χ1n) is 4.17. The Kier molecular flexibility index (Phi) is 2.02. The average molecular weight is 182 g/mol. The maximum Gasteiger partial charge on any atom is 0.290 e. The summed E-state index contributed by atoms with van der Waals surface area (Å²) >= 11 is 0. The number of rotatable bonds is 2. The fourth-order valence-corrected chi connectivity index (χ4v) is 1.22. The summed E-state index contributed by atoms with van der Waals surface area (Å²) in [5.41, 5.74) is 0. The largest absolute Gasteiger partial charge is 0.391 e. The summed E-state index contributed by atoms with van der Waals surface area (Å²) in [6, 6.07) is 1.36. The molecule has 1 aromatic rings. The van der Waals surface area contributed by atoms with Crippen LogP contribution < -0.4 is 5.32 Å². The van der Waals surface area contributed by atoms with Crippen LogP contribution in [0.15, 0.2) is 16.8 Å². The summed E-state index contributed by atoms with van der Waals surface area (Å²) in [5, 5.41) is 15.3. The van der Waals surface area contributed by atoms with Gasteiger partial charge in [-0.05, 0) is 12.8 Å². The number of hydrogen-bond acceptors (Lipinski definition) is 4. The van der Waals surface area contributed by atoms with Crippen LogP contribution in [-0.4, -0.2) is 28.3 Å². The lowest BCUT2D eigenvalue weighted by atomic mass is 9.89. The molecule has 0 unspecified atom stereocenters. The molecule has 1 aliphatic rings. The number of nitrogens with zero attached hydrogens (tertiary/aromatic N) is 1. The first-order valence-corrected chi connectivity index (χ1v) is 4.17. The predicted octanol–water partition coefficient (Wildman–Crippen LogP) is -0.0723. The molecule has 2 N–H and O–H groups in total. The first kappa shape index (κ1) is 8.25. The highest BCUT2D eigenvalue weighted by atomic mass is 16.5. The normalized spacial score (nSPS) is 26.5. The molecule has 5 heteroatoms. The number of aliphatic hydroxyl groups is 1. The smallest absolute Gasteiger partial charge is 0.290 e. The molecule has 1 saturated carbocycles. The molecular formula is C8H10N2O3. The average Bonchev–Trinajstić information content (AvgIpc) is 2.64. The van der Waals surface area contributed by atoms with Crippen molar-refractivity contribution in [2.24, 2.45) is 0 Å². The molecule has 1 aromatic heterocycles. The third kappa shape index (κ3) is 1.55. The molecule has 1 aliphatic carbocycles. The van der Waals surface area contributed by atoms with Gasteiger partial charge in [0.1, 0.15) is 0 Å². The van der Waals surface area contributed by atoms with E-state index in [1.807, 2.05) is 0 Å². The standard InChI is InChI=1S/C8H10N2O3/c11-6-2-1-5(6)10-8(12)7-3-4-9-13-7/h3-6,11H,1-2H2,(H,10,12)/t5-,6-/m1/s1. The van der Waals surface area contributed by atoms with Gasteiger partial charge in [0, 0.05) is 6.07 Å². The van der Waals surface area contributed by atoms with Crippen molar-refractivity contribution in [2.75, 3.05) is 0 Å². The van der Waals surface area contributed by atoms with Crippen molar-refractivity contribution in [3.05, 3.63) is 18.0 Å². The molecule has 1 heterocycles. The number of aromatic nitrogens is 1. The summed E-state index contributed by atoms with van der Waals surface area (Å²) in [7, 11) is 0. The molecule has 2 rings (SSSR count). The second-order valence-electron chi connectivity index (χ2n) is 3.10.